The highest BCUT2D eigenvalue weighted by Gasteiger charge is 2.64. The zero-order valence-electron chi connectivity index (χ0n) is 19.1. The normalized spacial score (nSPS) is 53.0. The number of aliphatic hydroxyl groups excluding tert-OH is 1. The molecule has 4 rings (SSSR count). The first-order chi connectivity index (χ1) is 13.2. The molecule has 4 saturated carbocycles. The molecule has 0 bridgehead atoms. The average Bonchev–Trinajstić information content (AvgIpc) is 2.65. The first kappa shape index (κ1) is 21.7. The van der Waals surface area contributed by atoms with E-state index in [0.717, 1.165) is 36.0 Å². The Morgan fingerprint density at radius 3 is 2.25 bits per heavy atom. The van der Waals surface area contributed by atoms with Crippen LogP contribution in [0.4, 0.5) is 0 Å². The van der Waals surface area contributed by atoms with Crippen LogP contribution in [0.2, 0.25) is 0 Å². The molecule has 1 nitrogen and oxygen atoms in total. The third-order valence-corrected chi connectivity index (χ3v) is 11.9. The standard InChI is InChI=1S/C26H45BrO/c1-6-7-18-17(16-27)8-10-20-19(18)9-11-22-25(20,4)14-12-21-24(2,3)23(28)13-15-26(21,22)5/h17-23,28H,6-16H2,1-5H3. The van der Waals surface area contributed by atoms with E-state index in [1.165, 1.54) is 63.1 Å². The summed E-state index contributed by atoms with van der Waals surface area (Å²) < 4.78 is 0. The molecule has 0 radical (unpaired) electrons. The summed E-state index contributed by atoms with van der Waals surface area (Å²) >= 11 is 3.87. The van der Waals surface area contributed by atoms with Crippen molar-refractivity contribution in [3.63, 3.8) is 0 Å². The van der Waals surface area contributed by atoms with E-state index in [1.807, 2.05) is 0 Å². The predicted octanol–water partition coefficient (Wildman–Crippen LogP) is 7.45. The molecular weight excluding hydrogens is 408 g/mol. The lowest BCUT2D eigenvalue weighted by Gasteiger charge is -2.68. The van der Waals surface area contributed by atoms with E-state index >= 15 is 0 Å². The fourth-order valence-corrected chi connectivity index (χ4v) is 10.5. The summed E-state index contributed by atoms with van der Waals surface area (Å²) in [6.45, 7) is 12.5. The van der Waals surface area contributed by atoms with Crippen molar-refractivity contribution < 1.29 is 5.11 Å². The maximum atomic E-state index is 10.8. The molecule has 4 aliphatic rings. The second-order valence-corrected chi connectivity index (χ2v) is 13.0. The Morgan fingerprint density at radius 2 is 1.57 bits per heavy atom. The SMILES string of the molecule is CCCC1C(CBr)CCC2C1CCC1C2(C)CCC2C(C)(C)C(O)CCC21C. The maximum absolute atomic E-state index is 10.8. The predicted molar refractivity (Wildman–Crippen MR) is 123 cm³/mol. The molecular formula is C26H45BrO. The largest absolute Gasteiger partial charge is 0.393 e. The van der Waals surface area contributed by atoms with Crippen LogP contribution in [0.5, 0.6) is 0 Å². The third kappa shape index (κ3) is 3.01. The van der Waals surface area contributed by atoms with Gasteiger partial charge in [0.05, 0.1) is 6.10 Å². The van der Waals surface area contributed by atoms with Crippen molar-refractivity contribution in [2.24, 2.45) is 51.8 Å². The average molecular weight is 454 g/mol. The van der Waals surface area contributed by atoms with Gasteiger partial charge < -0.3 is 5.11 Å². The van der Waals surface area contributed by atoms with Crippen LogP contribution in [0.3, 0.4) is 0 Å². The molecule has 4 aliphatic carbocycles. The zero-order valence-corrected chi connectivity index (χ0v) is 20.7. The molecule has 0 amide bonds. The van der Waals surface area contributed by atoms with Crippen molar-refractivity contribution >= 4 is 15.9 Å². The van der Waals surface area contributed by atoms with Gasteiger partial charge in [0.25, 0.3) is 0 Å². The maximum Gasteiger partial charge on any atom is 0.0594 e. The van der Waals surface area contributed by atoms with Crippen molar-refractivity contribution in [2.75, 3.05) is 5.33 Å². The van der Waals surface area contributed by atoms with E-state index < -0.39 is 0 Å². The second kappa shape index (κ2) is 7.54. The Labute approximate surface area is 183 Å². The van der Waals surface area contributed by atoms with Gasteiger partial charge in [0.2, 0.25) is 0 Å². The monoisotopic (exact) mass is 452 g/mol. The van der Waals surface area contributed by atoms with Gasteiger partial charge >= 0.3 is 0 Å². The van der Waals surface area contributed by atoms with Gasteiger partial charge in [-0.05, 0) is 103 Å². The highest BCUT2D eigenvalue weighted by atomic mass is 79.9. The Balaban J connectivity index is 1.65. The quantitative estimate of drug-likeness (QED) is 0.440. The third-order valence-electron chi connectivity index (χ3n) is 11.0. The molecule has 0 aliphatic heterocycles. The zero-order chi connectivity index (χ0) is 20.3. The molecule has 9 unspecified atom stereocenters. The number of halogens is 1. The number of hydrogen-bond acceptors (Lipinski definition) is 1. The molecule has 0 aromatic heterocycles. The van der Waals surface area contributed by atoms with E-state index in [9.17, 15) is 5.11 Å². The Morgan fingerprint density at radius 1 is 0.857 bits per heavy atom. The summed E-state index contributed by atoms with van der Waals surface area (Å²) in [5, 5.41) is 12.0. The molecule has 0 saturated heterocycles. The molecule has 2 heteroatoms. The summed E-state index contributed by atoms with van der Waals surface area (Å²) in [6, 6.07) is 0. The Hall–Kier alpha value is 0.440. The molecule has 4 fully saturated rings. The minimum absolute atomic E-state index is 0.0869. The van der Waals surface area contributed by atoms with Crippen LogP contribution < -0.4 is 0 Å². The van der Waals surface area contributed by atoms with Gasteiger partial charge in [-0.15, -0.1) is 0 Å². The van der Waals surface area contributed by atoms with Crippen molar-refractivity contribution in [3.8, 4) is 0 Å². The molecule has 0 spiro atoms. The van der Waals surface area contributed by atoms with Crippen molar-refractivity contribution in [1.82, 2.24) is 0 Å². The Bertz CT molecular complexity index is 573. The van der Waals surface area contributed by atoms with Gasteiger partial charge in [-0.1, -0.05) is 63.4 Å². The van der Waals surface area contributed by atoms with Crippen molar-refractivity contribution in [2.45, 2.75) is 105 Å². The van der Waals surface area contributed by atoms with Crippen LogP contribution >= 0.6 is 15.9 Å². The molecule has 28 heavy (non-hydrogen) atoms. The number of alkyl halides is 1. The summed E-state index contributed by atoms with van der Waals surface area (Å²) in [5.41, 5.74) is 1.06. The van der Waals surface area contributed by atoms with E-state index in [1.54, 1.807) is 0 Å². The smallest absolute Gasteiger partial charge is 0.0594 e. The van der Waals surface area contributed by atoms with Gasteiger partial charge in [-0.3, -0.25) is 0 Å². The van der Waals surface area contributed by atoms with E-state index in [0.29, 0.717) is 16.7 Å². The topological polar surface area (TPSA) is 20.2 Å². The van der Waals surface area contributed by atoms with Crippen LogP contribution in [-0.4, -0.2) is 16.5 Å². The molecule has 9 atom stereocenters. The first-order valence-electron chi connectivity index (χ1n) is 12.4. The first-order valence-corrected chi connectivity index (χ1v) is 13.6. The molecule has 162 valence electrons. The summed E-state index contributed by atoms with van der Waals surface area (Å²) in [4.78, 5) is 0. The van der Waals surface area contributed by atoms with E-state index in [-0.39, 0.29) is 11.5 Å². The lowest BCUT2D eigenvalue weighted by atomic mass is 9.36. The van der Waals surface area contributed by atoms with Crippen LogP contribution in [-0.2, 0) is 0 Å². The molecule has 1 N–H and O–H groups in total. The number of aliphatic hydroxyl groups is 1. The Kier molecular flexibility index (Phi) is 5.83. The van der Waals surface area contributed by atoms with Crippen LogP contribution in [0.25, 0.3) is 0 Å². The fourth-order valence-electron chi connectivity index (χ4n) is 9.72. The lowest BCUT2D eigenvalue weighted by molar-refractivity contribution is -0.210. The summed E-state index contributed by atoms with van der Waals surface area (Å²) in [5.74, 6) is 5.36. The van der Waals surface area contributed by atoms with Gasteiger partial charge in [0.15, 0.2) is 0 Å². The number of hydrogen-bond donors (Lipinski definition) is 1. The minimum Gasteiger partial charge on any atom is -0.393 e. The highest BCUT2D eigenvalue weighted by Crippen LogP contribution is 2.71. The van der Waals surface area contributed by atoms with Crippen LogP contribution in [0.1, 0.15) is 98.8 Å². The van der Waals surface area contributed by atoms with Crippen molar-refractivity contribution in [3.05, 3.63) is 0 Å². The summed E-state index contributed by atoms with van der Waals surface area (Å²) in [7, 11) is 0. The number of rotatable bonds is 3. The van der Waals surface area contributed by atoms with Gasteiger partial charge in [-0.2, -0.15) is 0 Å². The van der Waals surface area contributed by atoms with Crippen LogP contribution in [0, 0.1) is 51.8 Å². The molecule has 0 heterocycles. The van der Waals surface area contributed by atoms with Crippen molar-refractivity contribution in [1.29, 1.82) is 0 Å². The summed E-state index contributed by atoms with van der Waals surface area (Å²) in [6.07, 6.45) is 13.6. The highest BCUT2D eigenvalue weighted by molar-refractivity contribution is 9.09. The van der Waals surface area contributed by atoms with Gasteiger partial charge in [0, 0.05) is 5.33 Å². The minimum atomic E-state index is -0.102. The fraction of sp³-hybridized carbons (Fsp3) is 1.00. The van der Waals surface area contributed by atoms with E-state index in [2.05, 4.69) is 50.5 Å². The lowest BCUT2D eigenvalue weighted by Crippen LogP contribution is -2.62. The van der Waals surface area contributed by atoms with E-state index in [4.69, 9.17) is 0 Å². The van der Waals surface area contributed by atoms with Gasteiger partial charge in [-0.25, -0.2) is 0 Å². The second-order valence-electron chi connectivity index (χ2n) is 12.3. The number of fused-ring (bicyclic) bond motifs is 5. The van der Waals surface area contributed by atoms with Gasteiger partial charge in [0.1, 0.15) is 0 Å². The molecule has 0 aromatic carbocycles. The molecule has 0 aromatic rings. The van der Waals surface area contributed by atoms with Crippen LogP contribution in [0.15, 0.2) is 0 Å².